The average Bonchev–Trinajstić information content (AvgIpc) is 3.02. The number of allylic oxidation sites excluding steroid dienone is 1. The van der Waals surface area contributed by atoms with Gasteiger partial charge < -0.3 is 0 Å². The zero-order chi connectivity index (χ0) is 19.4. The van der Waals surface area contributed by atoms with Crippen LogP contribution >= 0.6 is 23.1 Å². The number of aromatic nitrogens is 2. The van der Waals surface area contributed by atoms with E-state index in [0.717, 1.165) is 29.5 Å². The van der Waals surface area contributed by atoms with E-state index in [0.29, 0.717) is 36.2 Å². The molecule has 0 saturated carbocycles. The first-order chi connectivity index (χ1) is 13.1. The number of hydrogen-bond donors (Lipinski definition) is 0. The van der Waals surface area contributed by atoms with Crippen molar-refractivity contribution in [2.45, 2.75) is 50.7 Å². The van der Waals surface area contributed by atoms with Gasteiger partial charge in [-0.15, -0.1) is 17.9 Å². The van der Waals surface area contributed by atoms with Crippen LogP contribution in [0.3, 0.4) is 0 Å². The third-order valence-electron chi connectivity index (χ3n) is 4.89. The number of thioether (sulfide) groups is 1. The van der Waals surface area contributed by atoms with Gasteiger partial charge >= 0.3 is 0 Å². The molecule has 7 heteroatoms. The summed E-state index contributed by atoms with van der Waals surface area (Å²) in [6.07, 6.45) is 5.68. The summed E-state index contributed by atoms with van der Waals surface area (Å²) in [5, 5.41) is 19.4. The SMILES string of the molecule is C=CCn1c(SC[C@H](C#N)CCC#N)nc2sc3c(c2c1=O)CC[C@@H](C)C3. The molecule has 27 heavy (non-hydrogen) atoms. The van der Waals surface area contributed by atoms with E-state index in [-0.39, 0.29) is 11.5 Å². The monoisotopic (exact) mass is 398 g/mol. The van der Waals surface area contributed by atoms with Crippen molar-refractivity contribution >= 4 is 33.3 Å². The molecule has 140 valence electrons. The van der Waals surface area contributed by atoms with Crippen molar-refractivity contribution in [1.82, 2.24) is 9.55 Å². The third-order valence-corrected chi connectivity index (χ3v) is 7.18. The van der Waals surface area contributed by atoms with E-state index in [9.17, 15) is 10.1 Å². The van der Waals surface area contributed by atoms with Gasteiger partial charge in [-0.3, -0.25) is 9.36 Å². The molecule has 0 aliphatic heterocycles. The van der Waals surface area contributed by atoms with Gasteiger partial charge in [0, 0.05) is 23.6 Å². The third kappa shape index (κ3) is 4.10. The van der Waals surface area contributed by atoms with E-state index in [1.807, 2.05) is 0 Å². The maximum absolute atomic E-state index is 13.2. The lowest BCUT2D eigenvalue weighted by molar-refractivity contribution is 0.509. The zero-order valence-corrected chi connectivity index (χ0v) is 17.0. The molecule has 0 aromatic carbocycles. The topological polar surface area (TPSA) is 82.5 Å². The molecular formula is C20H22N4OS2. The van der Waals surface area contributed by atoms with E-state index < -0.39 is 0 Å². The average molecular weight is 399 g/mol. The van der Waals surface area contributed by atoms with Gasteiger partial charge in [-0.1, -0.05) is 24.8 Å². The lowest BCUT2D eigenvalue weighted by Crippen LogP contribution is -2.24. The van der Waals surface area contributed by atoms with Crippen LogP contribution < -0.4 is 5.56 Å². The summed E-state index contributed by atoms with van der Waals surface area (Å²) in [6.45, 7) is 6.43. The Bertz CT molecular complexity index is 993. The van der Waals surface area contributed by atoms with E-state index >= 15 is 0 Å². The van der Waals surface area contributed by atoms with Crippen molar-refractivity contribution in [3.05, 3.63) is 33.4 Å². The lowest BCUT2D eigenvalue weighted by atomic mass is 9.89. The minimum Gasteiger partial charge on any atom is -0.283 e. The lowest BCUT2D eigenvalue weighted by Gasteiger charge is -2.17. The second kappa shape index (κ2) is 8.73. The van der Waals surface area contributed by atoms with E-state index in [4.69, 9.17) is 10.2 Å². The molecular weight excluding hydrogens is 376 g/mol. The van der Waals surface area contributed by atoms with E-state index in [2.05, 4.69) is 25.6 Å². The predicted molar refractivity (Wildman–Crippen MR) is 110 cm³/mol. The Morgan fingerprint density at radius 1 is 1.52 bits per heavy atom. The Kier molecular flexibility index (Phi) is 6.36. The fourth-order valence-electron chi connectivity index (χ4n) is 3.40. The molecule has 2 heterocycles. The van der Waals surface area contributed by atoms with Crippen molar-refractivity contribution in [3.63, 3.8) is 0 Å². The van der Waals surface area contributed by atoms with Crippen LogP contribution in [-0.4, -0.2) is 15.3 Å². The van der Waals surface area contributed by atoms with Crippen molar-refractivity contribution in [2.75, 3.05) is 5.75 Å². The minimum absolute atomic E-state index is 0.0000134. The number of aryl methyl sites for hydroxylation is 1. The Labute approximate surface area is 167 Å². The van der Waals surface area contributed by atoms with Crippen molar-refractivity contribution in [3.8, 4) is 12.1 Å². The fraction of sp³-hybridized carbons (Fsp3) is 0.500. The maximum atomic E-state index is 13.2. The summed E-state index contributed by atoms with van der Waals surface area (Å²) >= 11 is 3.07. The Hall–Kier alpha value is -2.09. The fourth-order valence-corrected chi connectivity index (χ4v) is 5.90. The molecule has 0 unspecified atom stereocenters. The molecule has 2 aromatic heterocycles. The molecule has 0 amide bonds. The number of nitrogens with zero attached hydrogens (tertiary/aromatic N) is 4. The first kappa shape index (κ1) is 19.7. The van der Waals surface area contributed by atoms with Crippen molar-refractivity contribution < 1.29 is 0 Å². The summed E-state index contributed by atoms with van der Waals surface area (Å²) in [6, 6.07) is 4.33. The van der Waals surface area contributed by atoms with E-state index in [1.165, 1.54) is 22.2 Å². The highest BCUT2D eigenvalue weighted by Gasteiger charge is 2.24. The molecule has 0 saturated heterocycles. The number of thiophene rings is 1. The van der Waals surface area contributed by atoms with Crippen LogP contribution in [0.25, 0.3) is 10.2 Å². The molecule has 0 fully saturated rings. The van der Waals surface area contributed by atoms with Gasteiger partial charge in [0.25, 0.3) is 5.56 Å². The molecule has 5 nitrogen and oxygen atoms in total. The Balaban J connectivity index is 1.98. The van der Waals surface area contributed by atoms with Crippen molar-refractivity contribution in [1.29, 1.82) is 10.5 Å². The largest absolute Gasteiger partial charge is 0.283 e. The minimum atomic E-state index is -0.225. The smallest absolute Gasteiger partial charge is 0.263 e. The predicted octanol–water partition coefficient (Wildman–Crippen LogP) is 4.30. The van der Waals surface area contributed by atoms with Crippen molar-refractivity contribution in [2.24, 2.45) is 11.8 Å². The van der Waals surface area contributed by atoms with Crippen LogP contribution in [0, 0.1) is 34.5 Å². The van der Waals surface area contributed by atoms with Gasteiger partial charge in [0.05, 0.1) is 23.4 Å². The maximum Gasteiger partial charge on any atom is 0.263 e. The number of nitriles is 2. The van der Waals surface area contributed by atoms with Crippen LogP contribution in [0.5, 0.6) is 0 Å². The molecule has 1 aliphatic carbocycles. The molecule has 2 atom stereocenters. The van der Waals surface area contributed by atoms with Gasteiger partial charge in [-0.2, -0.15) is 10.5 Å². The second-order valence-corrected chi connectivity index (χ2v) is 9.04. The van der Waals surface area contributed by atoms with Gasteiger partial charge in [0.15, 0.2) is 5.16 Å². The van der Waals surface area contributed by atoms with Crippen LogP contribution in [0.1, 0.15) is 36.6 Å². The standard InChI is InChI=1S/C20H22N4OS2/c1-3-9-24-19(25)17-15-7-6-13(2)10-16(15)27-18(17)23-20(24)26-12-14(11-22)5-4-8-21/h3,13-14H,1,4-7,9-10,12H2,2H3/t13-,14+/m1/s1. The number of rotatable bonds is 7. The summed E-state index contributed by atoms with van der Waals surface area (Å²) in [7, 11) is 0. The van der Waals surface area contributed by atoms with Crippen LogP contribution in [-0.2, 0) is 19.4 Å². The summed E-state index contributed by atoms with van der Waals surface area (Å²) < 4.78 is 1.67. The molecule has 2 aromatic rings. The van der Waals surface area contributed by atoms with Gasteiger partial charge in [-0.05, 0) is 37.2 Å². The van der Waals surface area contributed by atoms with Crippen LogP contribution in [0.15, 0.2) is 22.6 Å². The molecule has 1 aliphatic rings. The summed E-state index contributed by atoms with van der Waals surface area (Å²) in [5.74, 6) is 0.943. The normalized spacial score (nSPS) is 17.1. The first-order valence-corrected chi connectivity index (χ1v) is 10.9. The number of fused-ring (bicyclic) bond motifs is 3. The highest BCUT2D eigenvalue weighted by atomic mass is 32.2. The quantitative estimate of drug-likeness (QED) is 0.394. The Morgan fingerprint density at radius 2 is 2.33 bits per heavy atom. The molecule has 3 rings (SSSR count). The van der Waals surface area contributed by atoms with E-state index in [1.54, 1.807) is 22.0 Å². The van der Waals surface area contributed by atoms with Gasteiger partial charge in [-0.25, -0.2) is 4.98 Å². The molecule has 0 bridgehead atoms. The number of hydrogen-bond acceptors (Lipinski definition) is 6. The van der Waals surface area contributed by atoms with Gasteiger partial charge in [0.2, 0.25) is 0 Å². The Morgan fingerprint density at radius 3 is 3.04 bits per heavy atom. The zero-order valence-electron chi connectivity index (χ0n) is 15.4. The first-order valence-electron chi connectivity index (χ1n) is 9.14. The highest BCUT2D eigenvalue weighted by Crippen LogP contribution is 2.36. The van der Waals surface area contributed by atoms with Crippen LogP contribution in [0.2, 0.25) is 0 Å². The summed E-state index contributed by atoms with van der Waals surface area (Å²) in [4.78, 5) is 20.1. The molecule has 0 radical (unpaired) electrons. The van der Waals surface area contributed by atoms with Gasteiger partial charge in [0.1, 0.15) is 4.83 Å². The highest BCUT2D eigenvalue weighted by molar-refractivity contribution is 7.99. The molecule has 0 spiro atoms. The molecule has 0 N–H and O–H groups in total. The van der Waals surface area contributed by atoms with Crippen LogP contribution in [0.4, 0.5) is 0 Å². The summed E-state index contributed by atoms with van der Waals surface area (Å²) in [5.41, 5.74) is 1.18. The second-order valence-electron chi connectivity index (χ2n) is 6.96.